The van der Waals surface area contributed by atoms with E-state index in [0.29, 0.717) is 0 Å². The third-order valence-electron chi connectivity index (χ3n) is 3.86. The first kappa shape index (κ1) is 13.6. The van der Waals surface area contributed by atoms with E-state index in [2.05, 4.69) is 30.1 Å². The highest BCUT2D eigenvalue weighted by molar-refractivity contribution is 5.20. The summed E-state index contributed by atoms with van der Waals surface area (Å²) < 4.78 is 5.91. The van der Waals surface area contributed by atoms with Crippen LogP contribution in [0, 0.1) is 12.8 Å². The van der Waals surface area contributed by atoms with Crippen molar-refractivity contribution in [2.75, 3.05) is 20.1 Å². The molecule has 0 aromatic carbocycles. The lowest BCUT2D eigenvalue weighted by Gasteiger charge is -2.14. The average Bonchev–Trinajstić information content (AvgIpc) is 2.89. The molecule has 2 heterocycles. The monoisotopic (exact) mass is 250 g/mol. The molecular formula is C15H26N2O. The maximum absolute atomic E-state index is 5.91. The molecule has 0 radical (unpaired) electrons. The third-order valence-corrected chi connectivity index (χ3v) is 3.86. The van der Waals surface area contributed by atoms with Crippen molar-refractivity contribution in [2.45, 2.75) is 46.2 Å². The van der Waals surface area contributed by atoms with Gasteiger partial charge in [-0.3, -0.25) is 4.90 Å². The summed E-state index contributed by atoms with van der Waals surface area (Å²) in [6, 6.07) is 2.19. The smallest absolute Gasteiger partial charge is 0.120 e. The standard InChI is InChI=1S/C15H26N2O/c1-4-5-13-6-7-17(10-13)11-14-8-12(2)15(18-14)9-16-3/h8,13,16H,4-7,9-11H2,1-3H3. The molecule has 1 saturated heterocycles. The molecule has 1 N–H and O–H groups in total. The number of hydrogen-bond acceptors (Lipinski definition) is 3. The molecule has 102 valence electrons. The van der Waals surface area contributed by atoms with Gasteiger partial charge in [0.25, 0.3) is 0 Å². The lowest BCUT2D eigenvalue weighted by Crippen LogP contribution is -2.19. The van der Waals surface area contributed by atoms with Crippen LogP contribution in [0.25, 0.3) is 0 Å². The number of rotatable bonds is 6. The number of furan rings is 1. The maximum atomic E-state index is 5.91. The van der Waals surface area contributed by atoms with Crippen LogP contribution >= 0.6 is 0 Å². The summed E-state index contributed by atoms with van der Waals surface area (Å²) in [6.07, 6.45) is 4.04. The Morgan fingerprint density at radius 1 is 1.50 bits per heavy atom. The summed E-state index contributed by atoms with van der Waals surface area (Å²) in [4.78, 5) is 2.53. The van der Waals surface area contributed by atoms with Crippen molar-refractivity contribution >= 4 is 0 Å². The maximum Gasteiger partial charge on any atom is 0.120 e. The van der Waals surface area contributed by atoms with Crippen LogP contribution in [0.4, 0.5) is 0 Å². The second-order valence-corrected chi connectivity index (χ2v) is 5.53. The average molecular weight is 250 g/mol. The van der Waals surface area contributed by atoms with Gasteiger partial charge in [-0.2, -0.15) is 0 Å². The summed E-state index contributed by atoms with van der Waals surface area (Å²) in [5.74, 6) is 3.11. The summed E-state index contributed by atoms with van der Waals surface area (Å²) in [5.41, 5.74) is 1.27. The number of nitrogens with zero attached hydrogens (tertiary/aromatic N) is 1. The minimum atomic E-state index is 0.824. The summed E-state index contributed by atoms with van der Waals surface area (Å²) in [5, 5.41) is 3.15. The molecule has 1 aromatic heterocycles. The first-order valence-corrected chi connectivity index (χ1v) is 7.18. The van der Waals surface area contributed by atoms with Crippen LogP contribution in [0.5, 0.6) is 0 Å². The number of nitrogens with one attached hydrogen (secondary N) is 1. The first-order chi connectivity index (χ1) is 8.72. The van der Waals surface area contributed by atoms with Crippen LogP contribution in [0.15, 0.2) is 10.5 Å². The van der Waals surface area contributed by atoms with Gasteiger partial charge in [0.15, 0.2) is 0 Å². The highest BCUT2D eigenvalue weighted by atomic mass is 16.3. The van der Waals surface area contributed by atoms with E-state index in [1.54, 1.807) is 0 Å². The molecule has 3 nitrogen and oxygen atoms in total. The number of aryl methyl sites for hydroxylation is 1. The van der Waals surface area contributed by atoms with E-state index < -0.39 is 0 Å². The lowest BCUT2D eigenvalue weighted by molar-refractivity contribution is 0.279. The number of hydrogen-bond donors (Lipinski definition) is 1. The van der Waals surface area contributed by atoms with Crippen molar-refractivity contribution in [3.63, 3.8) is 0 Å². The van der Waals surface area contributed by atoms with Crippen molar-refractivity contribution in [1.29, 1.82) is 0 Å². The van der Waals surface area contributed by atoms with Gasteiger partial charge in [0.1, 0.15) is 11.5 Å². The molecule has 1 fully saturated rings. The Kier molecular flexibility index (Phi) is 4.84. The molecule has 1 aliphatic heterocycles. The summed E-state index contributed by atoms with van der Waals surface area (Å²) in [6.45, 7) is 8.68. The zero-order valence-electron chi connectivity index (χ0n) is 12.0. The predicted octanol–water partition coefficient (Wildman–Crippen LogP) is 2.93. The van der Waals surface area contributed by atoms with Gasteiger partial charge in [-0.05, 0) is 50.9 Å². The van der Waals surface area contributed by atoms with E-state index in [1.165, 1.54) is 37.9 Å². The Morgan fingerprint density at radius 3 is 3.06 bits per heavy atom. The molecule has 1 atom stereocenters. The van der Waals surface area contributed by atoms with E-state index in [0.717, 1.165) is 30.5 Å². The summed E-state index contributed by atoms with van der Waals surface area (Å²) >= 11 is 0. The van der Waals surface area contributed by atoms with Crippen LogP contribution in [0.3, 0.4) is 0 Å². The van der Waals surface area contributed by atoms with E-state index >= 15 is 0 Å². The quantitative estimate of drug-likeness (QED) is 0.841. The molecule has 0 spiro atoms. The van der Waals surface area contributed by atoms with Gasteiger partial charge in [-0.25, -0.2) is 0 Å². The predicted molar refractivity (Wildman–Crippen MR) is 74.5 cm³/mol. The SMILES string of the molecule is CCCC1CCN(Cc2cc(C)c(CNC)o2)C1. The fraction of sp³-hybridized carbons (Fsp3) is 0.733. The van der Waals surface area contributed by atoms with E-state index in [4.69, 9.17) is 4.42 Å². The Balaban J connectivity index is 1.88. The Morgan fingerprint density at radius 2 is 2.33 bits per heavy atom. The minimum absolute atomic E-state index is 0.824. The van der Waals surface area contributed by atoms with E-state index in [1.807, 2.05) is 7.05 Å². The molecule has 1 unspecified atom stereocenters. The topological polar surface area (TPSA) is 28.4 Å². The van der Waals surface area contributed by atoms with Crippen molar-refractivity contribution in [2.24, 2.45) is 5.92 Å². The Hall–Kier alpha value is -0.800. The first-order valence-electron chi connectivity index (χ1n) is 7.18. The largest absolute Gasteiger partial charge is 0.463 e. The second-order valence-electron chi connectivity index (χ2n) is 5.53. The van der Waals surface area contributed by atoms with Crippen LogP contribution < -0.4 is 5.32 Å². The van der Waals surface area contributed by atoms with Gasteiger partial charge in [-0.15, -0.1) is 0 Å². The molecule has 1 aliphatic rings. The highest BCUT2D eigenvalue weighted by Gasteiger charge is 2.22. The van der Waals surface area contributed by atoms with Gasteiger partial charge in [0.05, 0.1) is 13.1 Å². The van der Waals surface area contributed by atoms with Crippen molar-refractivity contribution in [1.82, 2.24) is 10.2 Å². The van der Waals surface area contributed by atoms with Gasteiger partial charge in [-0.1, -0.05) is 13.3 Å². The molecule has 0 aliphatic carbocycles. The molecule has 2 rings (SSSR count). The van der Waals surface area contributed by atoms with Crippen LogP contribution in [0.2, 0.25) is 0 Å². The zero-order valence-corrected chi connectivity index (χ0v) is 12.0. The van der Waals surface area contributed by atoms with Gasteiger partial charge < -0.3 is 9.73 Å². The molecule has 18 heavy (non-hydrogen) atoms. The number of likely N-dealkylation sites (tertiary alicyclic amines) is 1. The summed E-state index contributed by atoms with van der Waals surface area (Å²) in [7, 11) is 1.96. The fourth-order valence-corrected chi connectivity index (χ4v) is 2.92. The zero-order chi connectivity index (χ0) is 13.0. The van der Waals surface area contributed by atoms with Crippen LogP contribution in [-0.2, 0) is 13.1 Å². The normalized spacial score (nSPS) is 20.7. The van der Waals surface area contributed by atoms with Gasteiger partial charge >= 0.3 is 0 Å². The van der Waals surface area contributed by atoms with E-state index in [-0.39, 0.29) is 0 Å². The van der Waals surface area contributed by atoms with Crippen LogP contribution in [-0.4, -0.2) is 25.0 Å². The highest BCUT2D eigenvalue weighted by Crippen LogP contribution is 2.24. The molecule has 0 saturated carbocycles. The fourth-order valence-electron chi connectivity index (χ4n) is 2.92. The molecule has 0 amide bonds. The molecule has 3 heteroatoms. The Labute approximate surface area is 111 Å². The van der Waals surface area contributed by atoms with Gasteiger partial charge in [0, 0.05) is 6.54 Å². The molecule has 0 bridgehead atoms. The molecule has 1 aromatic rings. The molecular weight excluding hydrogens is 224 g/mol. The minimum Gasteiger partial charge on any atom is -0.463 e. The lowest BCUT2D eigenvalue weighted by atomic mass is 10.0. The van der Waals surface area contributed by atoms with Crippen molar-refractivity contribution < 1.29 is 4.42 Å². The Bertz CT molecular complexity index is 373. The third kappa shape index (κ3) is 3.36. The van der Waals surface area contributed by atoms with E-state index in [9.17, 15) is 0 Å². The van der Waals surface area contributed by atoms with Crippen molar-refractivity contribution in [3.05, 3.63) is 23.2 Å². The van der Waals surface area contributed by atoms with Crippen molar-refractivity contribution in [3.8, 4) is 0 Å². The van der Waals surface area contributed by atoms with Gasteiger partial charge in [0.2, 0.25) is 0 Å². The second kappa shape index (κ2) is 6.39. The van der Waals surface area contributed by atoms with Crippen LogP contribution in [0.1, 0.15) is 43.3 Å².